The fourth-order valence-corrected chi connectivity index (χ4v) is 1.79. The van der Waals surface area contributed by atoms with E-state index in [1.165, 1.54) is 11.1 Å². The van der Waals surface area contributed by atoms with E-state index in [9.17, 15) is 0 Å². The predicted octanol–water partition coefficient (Wildman–Crippen LogP) is 3.76. The monoisotopic (exact) mass is 189 g/mol. The Hall–Kier alpha value is -1.11. The summed E-state index contributed by atoms with van der Waals surface area (Å²) in [5, 5.41) is 0. The van der Waals surface area contributed by atoms with Crippen LogP contribution in [0.15, 0.2) is 18.2 Å². The minimum absolute atomic E-state index is 0.559. The molecule has 0 atom stereocenters. The van der Waals surface area contributed by atoms with Crippen molar-refractivity contribution in [3.05, 3.63) is 35.2 Å². The van der Waals surface area contributed by atoms with Gasteiger partial charge in [0.25, 0.3) is 0 Å². The lowest BCUT2D eigenvalue weighted by molar-refractivity contribution is 0.849. The van der Waals surface area contributed by atoms with Crippen LogP contribution >= 0.6 is 0 Å². The summed E-state index contributed by atoms with van der Waals surface area (Å²) in [5.74, 6) is 0.559. The van der Waals surface area contributed by atoms with Crippen molar-refractivity contribution in [3.8, 4) is 0 Å². The van der Waals surface area contributed by atoms with Gasteiger partial charge in [0.2, 0.25) is 0 Å². The third-order valence-corrected chi connectivity index (χ3v) is 2.47. The molecule has 1 heteroatoms. The first-order valence-corrected chi connectivity index (χ1v) is 5.17. The molecule has 0 unspecified atom stereocenters. The van der Waals surface area contributed by atoms with E-state index in [-0.39, 0.29) is 0 Å². The van der Waals surface area contributed by atoms with Crippen LogP contribution in [0, 0.1) is 19.8 Å². The smallest absolute Gasteiger partial charge is 0.0450 e. The van der Waals surface area contributed by atoms with Crippen LogP contribution in [0.5, 0.6) is 0 Å². The highest BCUT2D eigenvalue weighted by molar-refractivity contribution is 5.68. The summed E-state index contributed by atoms with van der Waals surface area (Å²) >= 11 is 0. The second-order valence-corrected chi connectivity index (χ2v) is 3.98. The van der Waals surface area contributed by atoms with Crippen LogP contribution in [0.3, 0.4) is 0 Å². The number of rotatable bonds is 2. The van der Waals surface area contributed by atoms with E-state index >= 15 is 0 Å². The quantitative estimate of drug-likeness (QED) is 0.690. The molecule has 0 radical (unpaired) electrons. The molecule has 0 saturated carbocycles. The third kappa shape index (κ3) is 2.22. The van der Waals surface area contributed by atoms with Gasteiger partial charge in [0.15, 0.2) is 0 Å². The zero-order valence-corrected chi connectivity index (χ0v) is 9.76. The maximum Gasteiger partial charge on any atom is 0.0450 e. The van der Waals surface area contributed by atoms with Crippen molar-refractivity contribution in [3.63, 3.8) is 0 Å². The molecule has 0 spiro atoms. The first-order valence-electron chi connectivity index (χ1n) is 5.17. The Morgan fingerprint density at radius 1 is 1.29 bits per heavy atom. The molecule has 0 aromatic carbocycles. The highest BCUT2D eigenvalue weighted by Gasteiger charge is 2.08. The number of allylic oxidation sites excluding steroid dienone is 2. The molecule has 1 rings (SSSR count). The maximum absolute atomic E-state index is 4.48. The summed E-state index contributed by atoms with van der Waals surface area (Å²) in [4.78, 5) is 4.48. The molecule has 0 aliphatic rings. The molecular formula is C13H19N. The molecule has 0 aliphatic heterocycles. The average Bonchev–Trinajstić information content (AvgIpc) is 2.09. The van der Waals surface area contributed by atoms with E-state index in [1.807, 2.05) is 6.92 Å². The molecule has 0 bridgehead atoms. The fourth-order valence-electron chi connectivity index (χ4n) is 1.79. The molecule has 0 fully saturated rings. The van der Waals surface area contributed by atoms with Crippen LogP contribution in [0.2, 0.25) is 0 Å². The summed E-state index contributed by atoms with van der Waals surface area (Å²) in [7, 11) is 0. The van der Waals surface area contributed by atoms with Gasteiger partial charge >= 0.3 is 0 Å². The van der Waals surface area contributed by atoms with Crippen LogP contribution in [0.4, 0.5) is 0 Å². The van der Waals surface area contributed by atoms with Gasteiger partial charge in [0.05, 0.1) is 0 Å². The first-order chi connectivity index (χ1) is 6.56. The summed E-state index contributed by atoms with van der Waals surface area (Å²) < 4.78 is 0. The summed E-state index contributed by atoms with van der Waals surface area (Å²) in [6.45, 7) is 10.6. The normalized spacial score (nSPS) is 12.3. The molecule has 14 heavy (non-hydrogen) atoms. The number of hydrogen-bond donors (Lipinski definition) is 0. The van der Waals surface area contributed by atoms with E-state index in [1.54, 1.807) is 0 Å². The first kappa shape index (κ1) is 11.0. The number of hydrogen-bond acceptors (Lipinski definition) is 1. The lowest BCUT2D eigenvalue weighted by Gasteiger charge is -2.13. The number of aryl methyl sites for hydroxylation is 2. The average molecular weight is 189 g/mol. The fraction of sp³-hybridized carbons (Fsp3) is 0.462. The van der Waals surface area contributed by atoms with Gasteiger partial charge in [-0.25, -0.2) is 0 Å². The van der Waals surface area contributed by atoms with E-state index < -0.39 is 0 Å². The minimum atomic E-state index is 0.559. The molecule has 1 aromatic rings. The van der Waals surface area contributed by atoms with Crippen LogP contribution < -0.4 is 0 Å². The Labute approximate surface area is 86.9 Å². The van der Waals surface area contributed by atoms with Gasteiger partial charge in [0.1, 0.15) is 0 Å². The zero-order chi connectivity index (χ0) is 10.7. The van der Waals surface area contributed by atoms with Crippen molar-refractivity contribution >= 4 is 5.57 Å². The van der Waals surface area contributed by atoms with Gasteiger partial charge in [-0.15, -0.1) is 0 Å². The molecule has 1 nitrogen and oxygen atoms in total. The van der Waals surface area contributed by atoms with Gasteiger partial charge < -0.3 is 0 Å². The lowest BCUT2D eigenvalue weighted by atomic mass is 9.94. The van der Waals surface area contributed by atoms with Crippen molar-refractivity contribution in [1.82, 2.24) is 4.98 Å². The van der Waals surface area contributed by atoms with Gasteiger partial charge in [-0.05, 0) is 43.9 Å². The second-order valence-electron chi connectivity index (χ2n) is 3.98. The Morgan fingerprint density at radius 3 is 2.36 bits per heavy atom. The predicted molar refractivity (Wildman–Crippen MR) is 62.2 cm³/mol. The molecule has 76 valence electrons. The maximum atomic E-state index is 4.48. The Kier molecular flexibility index (Phi) is 3.45. The van der Waals surface area contributed by atoms with Crippen LogP contribution in [0.1, 0.15) is 37.7 Å². The van der Waals surface area contributed by atoms with Crippen molar-refractivity contribution < 1.29 is 0 Å². The SMILES string of the molecule is C/C=C(\c1ccc(C)nc1C)C(C)C. The van der Waals surface area contributed by atoms with E-state index in [2.05, 4.69) is 50.9 Å². The molecule has 0 saturated heterocycles. The van der Waals surface area contributed by atoms with Crippen LogP contribution in [-0.4, -0.2) is 4.98 Å². The number of nitrogens with zero attached hydrogens (tertiary/aromatic N) is 1. The van der Waals surface area contributed by atoms with Gasteiger partial charge in [-0.1, -0.05) is 26.0 Å². The number of pyridine rings is 1. The molecule has 0 aliphatic carbocycles. The summed E-state index contributed by atoms with van der Waals surface area (Å²) in [5.41, 5.74) is 4.89. The number of aromatic nitrogens is 1. The van der Waals surface area contributed by atoms with E-state index in [0.29, 0.717) is 5.92 Å². The lowest BCUT2D eigenvalue weighted by Crippen LogP contribution is -1.99. The van der Waals surface area contributed by atoms with Gasteiger partial charge in [-0.3, -0.25) is 4.98 Å². The van der Waals surface area contributed by atoms with Crippen LogP contribution in [-0.2, 0) is 0 Å². The van der Waals surface area contributed by atoms with Gasteiger partial charge in [-0.2, -0.15) is 0 Å². The second kappa shape index (κ2) is 4.41. The van der Waals surface area contributed by atoms with E-state index in [4.69, 9.17) is 0 Å². The highest BCUT2D eigenvalue weighted by Crippen LogP contribution is 2.24. The molecule has 1 aromatic heterocycles. The summed E-state index contributed by atoms with van der Waals surface area (Å²) in [6, 6.07) is 4.25. The molecule has 0 amide bonds. The Bertz CT molecular complexity index is 348. The molecule has 1 heterocycles. The zero-order valence-electron chi connectivity index (χ0n) is 9.76. The van der Waals surface area contributed by atoms with Crippen molar-refractivity contribution in [2.45, 2.75) is 34.6 Å². The summed E-state index contributed by atoms with van der Waals surface area (Å²) in [6.07, 6.45) is 2.18. The minimum Gasteiger partial charge on any atom is -0.258 e. The molecule has 0 N–H and O–H groups in total. The van der Waals surface area contributed by atoms with Crippen molar-refractivity contribution in [2.24, 2.45) is 5.92 Å². The van der Waals surface area contributed by atoms with Gasteiger partial charge in [0, 0.05) is 11.4 Å². The molecular weight excluding hydrogens is 170 g/mol. The Morgan fingerprint density at radius 2 is 1.93 bits per heavy atom. The highest BCUT2D eigenvalue weighted by atomic mass is 14.7. The topological polar surface area (TPSA) is 12.9 Å². The standard InChI is InChI=1S/C13H19N/c1-6-12(9(2)3)13-8-7-10(4)14-11(13)5/h6-9H,1-5H3/b12-6-. The van der Waals surface area contributed by atoms with Crippen LogP contribution in [0.25, 0.3) is 5.57 Å². The van der Waals surface area contributed by atoms with Crippen molar-refractivity contribution in [2.75, 3.05) is 0 Å². The Balaban J connectivity index is 3.19. The van der Waals surface area contributed by atoms with E-state index in [0.717, 1.165) is 11.4 Å². The van der Waals surface area contributed by atoms with Crippen molar-refractivity contribution in [1.29, 1.82) is 0 Å². The third-order valence-electron chi connectivity index (χ3n) is 2.47. The largest absolute Gasteiger partial charge is 0.258 e.